The van der Waals surface area contributed by atoms with Crippen LogP contribution in [-0.4, -0.2) is 38.1 Å². The molecule has 2 N–H and O–H groups in total. The van der Waals surface area contributed by atoms with E-state index in [2.05, 4.69) is 38.8 Å². The van der Waals surface area contributed by atoms with Crippen molar-refractivity contribution in [2.24, 2.45) is 5.73 Å². The normalized spacial score (nSPS) is 14.2. The number of rotatable bonds is 10. The lowest BCUT2D eigenvalue weighted by Crippen LogP contribution is -2.40. The molecule has 2 atom stereocenters. The van der Waals surface area contributed by atoms with Gasteiger partial charge in [-0.3, -0.25) is 0 Å². The predicted octanol–water partition coefficient (Wildman–Crippen LogP) is 5.10. The molecule has 0 aliphatic rings. The van der Waals surface area contributed by atoms with Gasteiger partial charge in [0.05, 0.1) is 5.75 Å². The highest BCUT2D eigenvalue weighted by atomic mass is 79.9. The lowest BCUT2D eigenvalue weighted by molar-refractivity contribution is 0.368. The van der Waals surface area contributed by atoms with Crippen LogP contribution in [-0.2, 0) is 10.0 Å². The molecule has 0 saturated carbocycles. The van der Waals surface area contributed by atoms with Gasteiger partial charge in [0, 0.05) is 34.5 Å². The monoisotopic (exact) mass is 530 g/mol. The zero-order valence-corrected chi connectivity index (χ0v) is 20.3. The van der Waals surface area contributed by atoms with Gasteiger partial charge >= 0.3 is 0 Å². The van der Waals surface area contributed by atoms with Crippen molar-refractivity contribution < 1.29 is 8.42 Å². The lowest BCUT2D eigenvalue weighted by Gasteiger charge is -2.29. The summed E-state index contributed by atoms with van der Waals surface area (Å²) in [6.45, 7) is 5.16. The molecule has 2 unspecified atom stereocenters. The molecule has 0 radical (unpaired) electrons. The summed E-state index contributed by atoms with van der Waals surface area (Å²) >= 11 is 6.99. The van der Waals surface area contributed by atoms with Gasteiger partial charge in [-0.2, -0.15) is 0 Å². The van der Waals surface area contributed by atoms with Gasteiger partial charge in [0.15, 0.2) is 0 Å². The average Bonchev–Trinajstić information content (AvgIpc) is 2.64. The van der Waals surface area contributed by atoms with E-state index < -0.39 is 10.0 Å². The first-order chi connectivity index (χ1) is 13.3. The van der Waals surface area contributed by atoms with Crippen LogP contribution in [0.2, 0.25) is 0 Å². The molecule has 0 saturated heterocycles. The summed E-state index contributed by atoms with van der Waals surface area (Å²) in [5.41, 5.74) is 8.19. The van der Waals surface area contributed by atoms with Crippen molar-refractivity contribution in [3.63, 3.8) is 0 Å². The first kappa shape index (κ1) is 23.5. The summed E-state index contributed by atoms with van der Waals surface area (Å²) in [5, 5.41) is 0. The summed E-state index contributed by atoms with van der Waals surface area (Å²) < 4.78 is 29.5. The third kappa shape index (κ3) is 6.66. The molecule has 2 aromatic rings. The van der Waals surface area contributed by atoms with Crippen molar-refractivity contribution in [1.82, 2.24) is 4.31 Å². The van der Waals surface area contributed by atoms with Gasteiger partial charge in [-0.05, 0) is 47.7 Å². The lowest BCUT2D eigenvalue weighted by atomic mass is 9.98. The van der Waals surface area contributed by atoms with Crippen molar-refractivity contribution in [3.05, 3.63) is 68.6 Å². The van der Waals surface area contributed by atoms with E-state index in [4.69, 9.17) is 5.73 Å². The van der Waals surface area contributed by atoms with E-state index in [1.807, 2.05) is 55.5 Å². The zero-order valence-electron chi connectivity index (χ0n) is 16.3. The fourth-order valence-electron chi connectivity index (χ4n) is 3.24. The first-order valence-electron chi connectivity index (χ1n) is 9.45. The molecular formula is C21H28Br2N2O2S. The number of halogens is 2. The Morgan fingerprint density at radius 2 is 1.57 bits per heavy atom. The van der Waals surface area contributed by atoms with Crippen molar-refractivity contribution in [3.8, 4) is 0 Å². The second kappa shape index (κ2) is 10.9. The Morgan fingerprint density at radius 1 is 1.00 bits per heavy atom. The molecule has 7 heteroatoms. The van der Waals surface area contributed by atoms with E-state index in [-0.39, 0.29) is 17.6 Å². The Morgan fingerprint density at radius 3 is 2.11 bits per heavy atom. The Kier molecular flexibility index (Phi) is 9.15. The van der Waals surface area contributed by atoms with Crippen LogP contribution in [0.4, 0.5) is 0 Å². The summed E-state index contributed by atoms with van der Waals surface area (Å²) in [5.74, 6) is 0.164. The van der Waals surface area contributed by atoms with E-state index in [0.29, 0.717) is 26.1 Å². The molecule has 154 valence electrons. The van der Waals surface area contributed by atoms with Gasteiger partial charge in [0.2, 0.25) is 10.0 Å². The van der Waals surface area contributed by atoms with E-state index in [1.165, 1.54) is 0 Å². The van der Waals surface area contributed by atoms with Crippen LogP contribution in [0.25, 0.3) is 0 Å². The van der Waals surface area contributed by atoms with Crippen LogP contribution < -0.4 is 5.73 Å². The fourth-order valence-corrected chi connectivity index (χ4v) is 5.70. The van der Waals surface area contributed by atoms with Gasteiger partial charge in [-0.25, -0.2) is 12.7 Å². The summed E-state index contributed by atoms with van der Waals surface area (Å²) in [6.07, 6.45) is 0.592. The quantitative estimate of drug-likeness (QED) is 0.464. The van der Waals surface area contributed by atoms with Crippen LogP contribution in [0, 0.1) is 0 Å². The summed E-state index contributed by atoms with van der Waals surface area (Å²) in [7, 11) is -3.35. The Labute approximate surface area is 185 Å². The van der Waals surface area contributed by atoms with Crippen LogP contribution in [0.5, 0.6) is 0 Å². The molecule has 0 amide bonds. The van der Waals surface area contributed by atoms with Crippen molar-refractivity contribution in [2.75, 3.05) is 25.4 Å². The Hall–Kier alpha value is -0.730. The maximum atomic E-state index is 13.0. The smallest absolute Gasteiger partial charge is 0.214 e. The van der Waals surface area contributed by atoms with Gasteiger partial charge < -0.3 is 5.73 Å². The van der Waals surface area contributed by atoms with Crippen molar-refractivity contribution in [2.45, 2.75) is 32.1 Å². The molecule has 28 heavy (non-hydrogen) atoms. The molecule has 0 bridgehead atoms. The number of hydrogen-bond acceptors (Lipinski definition) is 3. The highest BCUT2D eigenvalue weighted by Gasteiger charge is 2.27. The predicted molar refractivity (Wildman–Crippen MR) is 124 cm³/mol. The number of nitrogens with zero attached hydrogens (tertiary/aromatic N) is 1. The van der Waals surface area contributed by atoms with Crippen LogP contribution >= 0.6 is 31.9 Å². The van der Waals surface area contributed by atoms with E-state index in [0.717, 1.165) is 20.1 Å². The van der Waals surface area contributed by atoms with Gasteiger partial charge in [0.25, 0.3) is 0 Å². The second-order valence-electron chi connectivity index (χ2n) is 7.08. The highest BCUT2D eigenvalue weighted by Crippen LogP contribution is 2.25. The van der Waals surface area contributed by atoms with Gasteiger partial charge in [-0.15, -0.1) is 0 Å². The van der Waals surface area contributed by atoms with Crippen LogP contribution in [0.15, 0.2) is 57.5 Å². The Bertz CT molecular complexity index is 874. The van der Waals surface area contributed by atoms with Gasteiger partial charge in [-0.1, -0.05) is 70.0 Å². The number of nitrogens with two attached hydrogens (primary N) is 1. The molecule has 4 nitrogen and oxygen atoms in total. The molecule has 0 spiro atoms. The molecule has 2 aromatic carbocycles. The molecule has 0 heterocycles. The van der Waals surface area contributed by atoms with E-state index in [1.54, 1.807) is 4.31 Å². The standard InChI is InChI=1S/C21H28Br2N2O2S/c1-3-10-28(26,27)25(14-16(2)17-6-4-8-20(22)11-17)15-19(13-24)18-7-5-9-21(23)12-18/h4-9,11-12,16,19H,3,10,13-15,24H2,1-2H3. The van der Waals surface area contributed by atoms with Crippen molar-refractivity contribution >= 4 is 41.9 Å². The maximum absolute atomic E-state index is 13.0. The third-order valence-electron chi connectivity index (χ3n) is 4.78. The summed E-state index contributed by atoms with van der Waals surface area (Å²) in [6, 6.07) is 16.0. The summed E-state index contributed by atoms with van der Waals surface area (Å²) in [4.78, 5) is 0. The third-order valence-corrected chi connectivity index (χ3v) is 7.77. The number of sulfonamides is 1. The largest absolute Gasteiger partial charge is 0.330 e. The zero-order chi connectivity index (χ0) is 20.7. The minimum atomic E-state index is -3.35. The maximum Gasteiger partial charge on any atom is 0.214 e. The molecule has 0 aliphatic carbocycles. The fraction of sp³-hybridized carbons (Fsp3) is 0.429. The molecule has 0 aromatic heterocycles. The highest BCUT2D eigenvalue weighted by molar-refractivity contribution is 9.10. The second-order valence-corrected chi connectivity index (χ2v) is 11.0. The SMILES string of the molecule is CCCS(=O)(=O)N(CC(C)c1cccc(Br)c1)CC(CN)c1cccc(Br)c1. The number of hydrogen-bond donors (Lipinski definition) is 1. The van der Waals surface area contributed by atoms with Gasteiger partial charge in [0.1, 0.15) is 0 Å². The van der Waals surface area contributed by atoms with E-state index in [9.17, 15) is 8.42 Å². The van der Waals surface area contributed by atoms with Crippen LogP contribution in [0.3, 0.4) is 0 Å². The van der Waals surface area contributed by atoms with E-state index >= 15 is 0 Å². The minimum Gasteiger partial charge on any atom is -0.330 e. The average molecular weight is 532 g/mol. The molecule has 2 rings (SSSR count). The molecule has 0 fully saturated rings. The van der Waals surface area contributed by atoms with Crippen LogP contribution in [0.1, 0.15) is 43.2 Å². The van der Waals surface area contributed by atoms with Crippen molar-refractivity contribution in [1.29, 1.82) is 0 Å². The minimum absolute atomic E-state index is 0.0566. The molecular weight excluding hydrogens is 504 g/mol. The Balaban J connectivity index is 2.28. The molecule has 0 aliphatic heterocycles. The topological polar surface area (TPSA) is 63.4 Å². The first-order valence-corrected chi connectivity index (χ1v) is 12.6. The number of benzene rings is 2.